The molecule has 11 heavy (non-hydrogen) atoms. The van der Waals surface area contributed by atoms with Gasteiger partial charge in [-0.2, -0.15) is 0 Å². The monoisotopic (exact) mass is 158 g/mol. The molecule has 0 bridgehead atoms. The zero-order valence-electron chi connectivity index (χ0n) is 8.10. The minimum Gasteiger partial charge on any atom is -0.466 e. The van der Waals surface area contributed by atoms with E-state index in [9.17, 15) is 4.79 Å². The van der Waals surface area contributed by atoms with Gasteiger partial charge in [-0.15, -0.1) is 0 Å². The highest BCUT2D eigenvalue weighted by Crippen LogP contribution is 2.25. The van der Waals surface area contributed by atoms with Gasteiger partial charge in [0.1, 0.15) is 0 Å². The zero-order chi connectivity index (χ0) is 9.07. The Kier molecular flexibility index (Phi) is 3.56. The van der Waals surface area contributed by atoms with Gasteiger partial charge in [-0.1, -0.05) is 27.7 Å². The summed E-state index contributed by atoms with van der Waals surface area (Å²) < 4.78 is 4.89. The minimum absolute atomic E-state index is 0.00620. The van der Waals surface area contributed by atoms with Crippen LogP contribution >= 0.6 is 0 Å². The van der Waals surface area contributed by atoms with E-state index in [4.69, 9.17) is 4.74 Å². The van der Waals surface area contributed by atoms with Crippen LogP contribution in [-0.4, -0.2) is 12.6 Å². The van der Waals surface area contributed by atoms with Crippen molar-refractivity contribution in [2.45, 2.75) is 34.6 Å². The Morgan fingerprint density at radius 1 is 1.45 bits per heavy atom. The zero-order valence-corrected chi connectivity index (χ0v) is 8.10. The highest BCUT2D eigenvalue weighted by Gasteiger charge is 2.27. The molecule has 2 heteroatoms. The Morgan fingerprint density at radius 2 is 1.91 bits per heavy atom. The molecule has 0 aliphatic carbocycles. The van der Waals surface area contributed by atoms with Crippen LogP contribution < -0.4 is 0 Å². The molecular weight excluding hydrogens is 140 g/mol. The van der Waals surface area contributed by atoms with E-state index in [1.165, 1.54) is 0 Å². The molecule has 1 atom stereocenters. The summed E-state index contributed by atoms with van der Waals surface area (Å²) in [5.41, 5.74) is 0.00620. The molecule has 0 rings (SSSR count). The third-order valence-corrected chi connectivity index (χ3v) is 1.94. The molecular formula is C9H18O2. The van der Waals surface area contributed by atoms with Crippen molar-refractivity contribution in [3.05, 3.63) is 0 Å². The summed E-state index contributed by atoms with van der Waals surface area (Å²) in [5, 5.41) is 0. The van der Waals surface area contributed by atoms with Crippen molar-refractivity contribution in [1.82, 2.24) is 0 Å². The van der Waals surface area contributed by atoms with Gasteiger partial charge >= 0.3 is 5.97 Å². The second-order valence-electron chi connectivity index (χ2n) is 3.84. The Balaban J connectivity index is 4.03. The van der Waals surface area contributed by atoms with Crippen LogP contribution in [0.5, 0.6) is 0 Å². The first kappa shape index (κ1) is 10.5. The number of rotatable bonds is 2. The fraction of sp³-hybridized carbons (Fsp3) is 0.889. The maximum absolute atomic E-state index is 11.2. The maximum Gasteiger partial charge on any atom is 0.309 e. The topological polar surface area (TPSA) is 26.3 Å². The van der Waals surface area contributed by atoms with Crippen molar-refractivity contribution in [2.75, 3.05) is 6.61 Å². The smallest absolute Gasteiger partial charge is 0.309 e. The van der Waals surface area contributed by atoms with Crippen LogP contribution in [-0.2, 0) is 9.53 Å². The molecule has 0 aromatic carbocycles. The van der Waals surface area contributed by atoms with Crippen LogP contribution in [0.2, 0.25) is 0 Å². The van der Waals surface area contributed by atoms with Crippen LogP contribution in [0.15, 0.2) is 0 Å². The third kappa shape index (κ3) is 3.40. The molecule has 0 radical (unpaired) electrons. The summed E-state index contributed by atoms with van der Waals surface area (Å²) in [7, 11) is 0. The lowest BCUT2D eigenvalue weighted by atomic mass is 9.82. The third-order valence-electron chi connectivity index (χ3n) is 1.94. The van der Waals surface area contributed by atoms with Gasteiger partial charge < -0.3 is 4.74 Å². The summed E-state index contributed by atoms with van der Waals surface area (Å²) in [5.74, 6) is -0.123. The van der Waals surface area contributed by atoms with Crippen LogP contribution in [0.3, 0.4) is 0 Å². The van der Waals surface area contributed by atoms with Crippen molar-refractivity contribution >= 4 is 5.97 Å². The summed E-state index contributed by atoms with van der Waals surface area (Å²) in [6, 6.07) is 0. The fourth-order valence-corrected chi connectivity index (χ4v) is 0.621. The van der Waals surface area contributed by atoms with Gasteiger partial charge in [-0.3, -0.25) is 4.79 Å². The van der Waals surface area contributed by atoms with Crippen LogP contribution in [0, 0.1) is 11.3 Å². The van der Waals surface area contributed by atoms with E-state index >= 15 is 0 Å². The number of carbonyl (C=O) groups excluding carboxylic acids is 1. The maximum atomic E-state index is 11.2. The van der Waals surface area contributed by atoms with E-state index in [0.29, 0.717) is 6.61 Å². The van der Waals surface area contributed by atoms with Crippen LogP contribution in [0.4, 0.5) is 0 Å². The highest BCUT2D eigenvalue weighted by molar-refractivity contribution is 5.72. The molecule has 0 N–H and O–H groups in total. The van der Waals surface area contributed by atoms with Gasteiger partial charge in [0, 0.05) is 0 Å². The molecule has 66 valence electrons. The second-order valence-corrected chi connectivity index (χ2v) is 3.84. The summed E-state index contributed by atoms with van der Waals surface area (Å²) in [6.07, 6.45) is 0. The molecule has 0 heterocycles. The van der Waals surface area contributed by atoms with Crippen molar-refractivity contribution in [3.63, 3.8) is 0 Å². The van der Waals surface area contributed by atoms with E-state index < -0.39 is 0 Å². The molecule has 0 aromatic heterocycles. The molecule has 0 saturated heterocycles. The summed E-state index contributed by atoms with van der Waals surface area (Å²) in [4.78, 5) is 11.2. The first-order valence-corrected chi connectivity index (χ1v) is 4.06. The summed E-state index contributed by atoms with van der Waals surface area (Å²) in [6.45, 7) is 10.3. The number of ether oxygens (including phenoxy) is 1. The first-order valence-electron chi connectivity index (χ1n) is 4.06. The van der Waals surface area contributed by atoms with E-state index in [-0.39, 0.29) is 17.3 Å². The van der Waals surface area contributed by atoms with Gasteiger partial charge in [0.05, 0.1) is 12.5 Å². The van der Waals surface area contributed by atoms with Crippen molar-refractivity contribution in [1.29, 1.82) is 0 Å². The first-order chi connectivity index (χ1) is 4.89. The largest absolute Gasteiger partial charge is 0.466 e. The summed E-state index contributed by atoms with van der Waals surface area (Å²) >= 11 is 0. The van der Waals surface area contributed by atoms with Crippen molar-refractivity contribution < 1.29 is 9.53 Å². The van der Waals surface area contributed by atoms with Crippen LogP contribution in [0.25, 0.3) is 0 Å². The van der Waals surface area contributed by atoms with E-state index in [1.54, 1.807) is 0 Å². The number of hydrogen-bond acceptors (Lipinski definition) is 2. The van der Waals surface area contributed by atoms with Crippen LogP contribution in [0.1, 0.15) is 34.6 Å². The van der Waals surface area contributed by atoms with Crippen molar-refractivity contribution in [2.24, 2.45) is 11.3 Å². The predicted octanol–water partition coefficient (Wildman–Crippen LogP) is 2.23. The standard InChI is InChI=1S/C9H18O2/c1-6-11-8(10)7(2)9(3,4)5/h7H,6H2,1-5H3/t7-/m1/s1. The lowest BCUT2D eigenvalue weighted by Crippen LogP contribution is -2.27. The molecule has 0 unspecified atom stereocenters. The number of hydrogen-bond donors (Lipinski definition) is 0. The van der Waals surface area contributed by atoms with Gasteiger partial charge in [0.15, 0.2) is 0 Å². The molecule has 0 aliphatic rings. The minimum atomic E-state index is -0.0972. The molecule has 0 saturated carbocycles. The Bertz CT molecular complexity index is 133. The lowest BCUT2D eigenvalue weighted by Gasteiger charge is -2.24. The molecule has 0 spiro atoms. The average Bonchev–Trinajstić information content (AvgIpc) is 1.85. The second kappa shape index (κ2) is 3.74. The molecule has 2 nitrogen and oxygen atoms in total. The predicted molar refractivity (Wildman–Crippen MR) is 45.3 cm³/mol. The SMILES string of the molecule is CCOC(=O)[C@@H](C)C(C)(C)C. The number of carbonyl (C=O) groups is 1. The van der Waals surface area contributed by atoms with Gasteiger partial charge in [-0.25, -0.2) is 0 Å². The molecule has 0 aromatic rings. The van der Waals surface area contributed by atoms with E-state index in [0.717, 1.165) is 0 Å². The van der Waals surface area contributed by atoms with Crippen molar-refractivity contribution in [3.8, 4) is 0 Å². The molecule has 0 fully saturated rings. The van der Waals surface area contributed by atoms with Gasteiger partial charge in [0.2, 0.25) is 0 Å². The molecule has 0 amide bonds. The van der Waals surface area contributed by atoms with Gasteiger partial charge in [-0.05, 0) is 12.3 Å². The van der Waals surface area contributed by atoms with E-state index in [2.05, 4.69) is 0 Å². The lowest BCUT2D eigenvalue weighted by molar-refractivity contribution is -0.150. The Morgan fingerprint density at radius 3 is 2.18 bits per heavy atom. The molecule has 0 aliphatic heterocycles. The average molecular weight is 158 g/mol. The van der Waals surface area contributed by atoms with Gasteiger partial charge in [0.25, 0.3) is 0 Å². The number of esters is 1. The Labute approximate surface area is 68.9 Å². The fourth-order valence-electron chi connectivity index (χ4n) is 0.621. The van der Waals surface area contributed by atoms with E-state index in [1.807, 2.05) is 34.6 Å². The Hall–Kier alpha value is -0.530. The quantitative estimate of drug-likeness (QED) is 0.576. The highest BCUT2D eigenvalue weighted by atomic mass is 16.5. The normalized spacial score (nSPS) is 14.3.